The highest BCUT2D eigenvalue weighted by molar-refractivity contribution is 5.99. The number of methoxy groups -OCH3 is 1. The van der Waals surface area contributed by atoms with Crippen LogP contribution in [0.4, 0.5) is 0 Å². The molecule has 2 aromatic rings. The van der Waals surface area contributed by atoms with Crippen molar-refractivity contribution in [3.8, 4) is 23.0 Å². The van der Waals surface area contributed by atoms with Crippen LogP contribution in [0.1, 0.15) is 33.9 Å². The lowest BCUT2D eigenvalue weighted by Gasteiger charge is -2.43. The molecule has 6 heteroatoms. The predicted octanol–water partition coefficient (Wildman–Crippen LogP) is 3.08. The second-order valence-electron chi connectivity index (χ2n) is 7.63. The predicted molar refractivity (Wildman–Crippen MR) is 99.6 cm³/mol. The van der Waals surface area contributed by atoms with Gasteiger partial charge in [0.1, 0.15) is 11.8 Å². The first-order chi connectivity index (χ1) is 12.9. The molecule has 0 spiro atoms. The van der Waals surface area contributed by atoms with Crippen molar-refractivity contribution in [3.05, 3.63) is 47.0 Å². The van der Waals surface area contributed by atoms with Gasteiger partial charge in [-0.25, -0.2) is 0 Å². The largest absolute Gasteiger partial charge is 0.507 e. The monoisotopic (exact) mass is 370 g/mol. The molecule has 6 nitrogen and oxygen atoms in total. The summed E-state index contributed by atoms with van der Waals surface area (Å²) >= 11 is 0. The SMILES string of the molecule is COc1c2c(cc3c1[C@H](CC(=O)c1ccccc1O)[N+](C)(C)CC3)OCO2. The molecular formula is C21H24NO5+. The fourth-order valence-corrected chi connectivity index (χ4v) is 4.11. The van der Waals surface area contributed by atoms with Crippen LogP contribution in [0.5, 0.6) is 23.0 Å². The summed E-state index contributed by atoms with van der Waals surface area (Å²) in [5.41, 5.74) is 2.48. The summed E-state index contributed by atoms with van der Waals surface area (Å²) in [6.45, 7) is 1.07. The number of benzene rings is 2. The zero-order chi connectivity index (χ0) is 19.2. The lowest BCUT2D eigenvalue weighted by atomic mass is 9.86. The lowest BCUT2D eigenvalue weighted by molar-refractivity contribution is -0.922. The van der Waals surface area contributed by atoms with Gasteiger partial charge < -0.3 is 23.8 Å². The summed E-state index contributed by atoms with van der Waals surface area (Å²) in [6, 6.07) is 8.59. The average molecular weight is 370 g/mol. The van der Waals surface area contributed by atoms with E-state index in [2.05, 4.69) is 14.1 Å². The van der Waals surface area contributed by atoms with Crippen LogP contribution in [0.25, 0.3) is 0 Å². The highest BCUT2D eigenvalue weighted by Gasteiger charge is 2.42. The minimum absolute atomic E-state index is 0.0153. The molecule has 0 fully saturated rings. The summed E-state index contributed by atoms with van der Waals surface area (Å²) < 4.78 is 17.6. The number of nitrogens with zero attached hydrogens (tertiary/aromatic N) is 1. The molecule has 1 atom stereocenters. The van der Waals surface area contributed by atoms with Crippen molar-refractivity contribution in [3.63, 3.8) is 0 Å². The highest BCUT2D eigenvalue weighted by Crippen LogP contribution is 2.51. The molecular weight excluding hydrogens is 346 g/mol. The maximum absolute atomic E-state index is 13.0. The summed E-state index contributed by atoms with van der Waals surface area (Å²) in [6.07, 6.45) is 1.14. The Morgan fingerprint density at radius 1 is 1.30 bits per heavy atom. The van der Waals surface area contributed by atoms with Crippen molar-refractivity contribution in [2.45, 2.75) is 18.9 Å². The molecule has 4 rings (SSSR count). The van der Waals surface area contributed by atoms with E-state index in [0.29, 0.717) is 27.3 Å². The summed E-state index contributed by atoms with van der Waals surface area (Å²) in [5, 5.41) is 10.1. The molecule has 27 heavy (non-hydrogen) atoms. The van der Waals surface area contributed by atoms with E-state index in [1.165, 1.54) is 0 Å². The van der Waals surface area contributed by atoms with Crippen LogP contribution in [0.2, 0.25) is 0 Å². The molecule has 0 aromatic heterocycles. The Morgan fingerprint density at radius 3 is 2.81 bits per heavy atom. The van der Waals surface area contributed by atoms with E-state index >= 15 is 0 Å². The van der Waals surface area contributed by atoms with E-state index in [1.54, 1.807) is 31.4 Å². The number of ketones is 1. The second-order valence-corrected chi connectivity index (χ2v) is 7.63. The van der Waals surface area contributed by atoms with Crippen LogP contribution < -0.4 is 14.2 Å². The van der Waals surface area contributed by atoms with Crippen LogP contribution in [-0.4, -0.2) is 49.9 Å². The van der Waals surface area contributed by atoms with Gasteiger partial charge in [-0.1, -0.05) is 12.1 Å². The molecule has 0 amide bonds. The van der Waals surface area contributed by atoms with Gasteiger partial charge in [0.05, 0.1) is 45.3 Å². The topological polar surface area (TPSA) is 65.0 Å². The highest BCUT2D eigenvalue weighted by atomic mass is 16.7. The lowest BCUT2D eigenvalue weighted by Crippen LogP contribution is -2.48. The molecule has 0 saturated heterocycles. The Hall–Kier alpha value is -2.73. The van der Waals surface area contributed by atoms with Crippen LogP contribution >= 0.6 is 0 Å². The number of ether oxygens (including phenoxy) is 3. The number of quaternary nitrogens is 1. The van der Waals surface area contributed by atoms with E-state index in [4.69, 9.17) is 14.2 Å². The van der Waals surface area contributed by atoms with Crippen LogP contribution in [0.3, 0.4) is 0 Å². The Morgan fingerprint density at radius 2 is 2.07 bits per heavy atom. The van der Waals surface area contributed by atoms with Crippen molar-refractivity contribution in [1.82, 2.24) is 0 Å². The molecule has 2 aliphatic heterocycles. The van der Waals surface area contributed by atoms with Gasteiger partial charge in [-0.2, -0.15) is 0 Å². The van der Waals surface area contributed by atoms with Gasteiger partial charge in [0, 0.05) is 6.42 Å². The Labute approximate surface area is 158 Å². The zero-order valence-electron chi connectivity index (χ0n) is 15.8. The minimum Gasteiger partial charge on any atom is -0.507 e. The van der Waals surface area contributed by atoms with Crippen molar-refractivity contribution in [1.29, 1.82) is 0 Å². The molecule has 2 heterocycles. The van der Waals surface area contributed by atoms with Crippen molar-refractivity contribution in [2.24, 2.45) is 0 Å². The smallest absolute Gasteiger partial charge is 0.231 e. The van der Waals surface area contributed by atoms with Crippen molar-refractivity contribution in [2.75, 3.05) is 34.5 Å². The van der Waals surface area contributed by atoms with Gasteiger partial charge in [-0.15, -0.1) is 0 Å². The van der Waals surface area contributed by atoms with E-state index in [1.807, 2.05) is 6.07 Å². The number of para-hydroxylation sites is 1. The quantitative estimate of drug-likeness (QED) is 0.662. The van der Waals surface area contributed by atoms with Crippen molar-refractivity contribution < 1.29 is 28.6 Å². The summed E-state index contributed by atoms with van der Waals surface area (Å²) in [4.78, 5) is 13.0. The normalized spacial score (nSPS) is 19.4. The zero-order valence-corrected chi connectivity index (χ0v) is 15.8. The first kappa shape index (κ1) is 17.7. The molecule has 0 aliphatic carbocycles. The number of phenolic OH excluding ortho intramolecular Hbond substituents is 1. The number of carbonyl (C=O) groups excluding carboxylic acids is 1. The third-order valence-corrected chi connectivity index (χ3v) is 5.67. The number of likely N-dealkylation sites (N-methyl/N-ethyl adjacent to an activating group) is 1. The van der Waals surface area contributed by atoms with Gasteiger partial charge in [-0.3, -0.25) is 4.79 Å². The number of carbonyl (C=O) groups is 1. The molecule has 2 aromatic carbocycles. The second kappa shape index (κ2) is 6.46. The number of rotatable bonds is 4. The number of Topliss-reactive ketones (excluding diaryl/α,β-unsaturated/α-hetero) is 1. The third-order valence-electron chi connectivity index (χ3n) is 5.67. The fourth-order valence-electron chi connectivity index (χ4n) is 4.11. The Bertz CT molecular complexity index is 906. The number of aromatic hydroxyl groups is 1. The van der Waals surface area contributed by atoms with Crippen LogP contribution in [0, 0.1) is 0 Å². The minimum atomic E-state index is -0.106. The number of hydrogen-bond acceptors (Lipinski definition) is 5. The maximum Gasteiger partial charge on any atom is 0.231 e. The molecule has 2 aliphatic rings. The fraction of sp³-hybridized carbons (Fsp3) is 0.381. The molecule has 0 bridgehead atoms. The van der Waals surface area contributed by atoms with Gasteiger partial charge >= 0.3 is 0 Å². The van der Waals surface area contributed by atoms with Gasteiger partial charge in [0.2, 0.25) is 12.5 Å². The van der Waals surface area contributed by atoms with E-state index in [0.717, 1.165) is 24.1 Å². The van der Waals surface area contributed by atoms with Crippen LogP contribution in [0.15, 0.2) is 30.3 Å². The maximum atomic E-state index is 13.0. The third kappa shape index (κ3) is 2.90. The van der Waals surface area contributed by atoms with E-state index < -0.39 is 0 Å². The number of fused-ring (bicyclic) bond motifs is 2. The standard InChI is InChI=1S/C21H23NO5/c1-22(2)9-8-13-10-18-20(27-12-26-18)21(25-3)19(13)15(22)11-17(24)14-6-4-5-7-16(14)23/h4-7,10,15H,8-9,11-12H2,1-3H3/p+1/t15-/m0/s1. The average Bonchev–Trinajstić information content (AvgIpc) is 3.11. The molecule has 1 N–H and O–H groups in total. The summed E-state index contributed by atoms with van der Waals surface area (Å²) in [7, 11) is 5.86. The molecule has 0 saturated carbocycles. The first-order valence-electron chi connectivity index (χ1n) is 9.05. The van der Waals surface area contributed by atoms with E-state index in [9.17, 15) is 9.90 Å². The first-order valence-corrected chi connectivity index (χ1v) is 9.05. The Balaban J connectivity index is 1.79. The number of hydrogen-bond donors (Lipinski definition) is 1. The van der Waals surface area contributed by atoms with Crippen LogP contribution in [-0.2, 0) is 6.42 Å². The van der Waals surface area contributed by atoms with E-state index in [-0.39, 0.29) is 30.8 Å². The van der Waals surface area contributed by atoms with Gasteiger partial charge in [0.25, 0.3) is 0 Å². The molecule has 142 valence electrons. The van der Waals surface area contributed by atoms with Crippen molar-refractivity contribution >= 4 is 5.78 Å². The Kier molecular flexibility index (Phi) is 4.23. The molecule has 0 unspecified atom stereocenters. The molecule has 0 radical (unpaired) electrons. The summed E-state index contributed by atoms with van der Waals surface area (Å²) in [5.74, 6) is 1.89. The van der Waals surface area contributed by atoms with Gasteiger partial charge in [-0.05, 0) is 23.8 Å². The number of phenols is 1. The van der Waals surface area contributed by atoms with Gasteiger partial charge in [0.15, 0.2) is 17.3 Å².